The van der Waals surface area contributed by atoms with Crippen LogP contribution in [0.5, 0.6) is 0 Å². The lowest BCUT2D eigenvalue weighted by Crippen LogP contribution is -2.03. The summed E-state index contributed by atoms with van der Waals surface area (Å²) in [7, 11) is 0. The van der Waals surface area contributed by atoms with Crippen LogP contribution < -0.4 is 0 Å². The van der Waals surface area contributed by atoms with Crippen molar-refractivity contribution < 1.29 is 0 Å². The van der Waals surface area contributed by atoms with Crippen molar-refractivity contribution in [2.75, 3.05) is 0 Å². The number of aromatic amines is 1. The van der Waals surface area contributed by atoms with E-state index >= 15 is 0 Å². The van der Waals surface area contributed by atoms with E-state index in [9.17, 15) is 0 Å². The number of thioether (sulfide) groups is 1. The number of rotatable bonds is 6. The highest BCUT2D eigenvalue weighted by atomic mass is 32.2. The second kappa shape index (κ2) is 7.17. The highest BCUT2D eigenvalue weighted by Crippen LogP contribution is 2.18. The van der Waals surface area contributed by atoms with E-state index in [4.69, 9.17) is 12.2 Å². The summed E-state index contributed by atoms with van der Waals surface area (Å²) in [5.41, 5.74) is 1.21. The Bertz CT molecular complexity index is 399. The van der Waals surface area contributed by atoms with Gasteiger partial charge in [0.1, 0.15) is 10.5 Å². The van der Waals surface area contributed by atoms with Crippen LogP contribution >= 0.6 is 24.0 Å². The van der Waals surface area contributed by atoms with Gasteiger partial charge in [-0.25, -0.2) is 4.98 Å². The van der Waals surface area contributed by atoms with Crippen LogP contribution in [0.2, 0.25) is 0 Å². The number of hydrogen-bond acceptors (Lipinski definition) is 3. The first-order valence-corrected chi connectivity index (χ1v) is 7.67. The Balaban J connectivity index is 2.72. The van der Waals surface area contributed by atoms with E-state index in [0.29, 0.717) is 15.8 Å². The number of hydrogen-bond donors (Lipinski definition) is 1. The molecule has 0 saturated carbocycles. The van der Waals surface area contributed by atoms with Gasteiger partial charge in [0.05, 0.1) is 5.75 Å². The molecule has 1 atom stereocenters. The van der Waals surface area contributed by atoms with Crippen molar-refractivity contribution in [1.29, 1.82) is 0 Å². The molecule has 1 heterocycles. The van der Waals surface area contributed by atoms with Crippen LogP contribution in [0.1, 0.15) is 45.6 Å². The van der Waals surface area contributed by atoms with Crippen LogP contribution in [0.4, 0.5) is 0 Å². The summed E-state index contributed by atoms with van der Waals surface area (Å²) in [6.07, 6.45) is 2.23. The minimum atomic E-state index is 0.637. The van der Waals surface area contributed by atoms with Crippen LogP contribution in [-0.2, 0) is 12.2 Å². The molecule has 0 aromatic carbocycles. The molecule has 0 fully saturated rings. The Kier molecular flexibility index (Phi) is 6.20. The van der Waals surface area contributed by atoms with E-state index in [1.165, 1.54) is 12.1 Å². The first-order chi connectivity index (χ1) is 8.01. The molecule has 1 aromatic rings. The first-order valence-electron chi connectivity index (χ1n) is 6.22. The number of aromatic nitrogens is 2. The summed E-state index contributed by atoms with van der Waals surface area (Å²) in [6, 6.07) is 1.98. The van der Waals surface area contributed by atoms with Crippen molar-refractivity contribution in [3.8, 4) is 0 Å². The van der Waals surface area contributed by atoms with Crippen molar-refractivity contribution in [3.63, 3.8) is 0 Å². The van der Waals surface area contributed by atoms with E-state index in [1.807, 2.05) is 17.8 Å². The fourth-order valence-corrected chi connectivity index (χ4v) is 2.59. The largest absolute Gasteiger partial charge is 0.346 e. The van der Waals surface area contributed by atoms with Gasteiger partial charge in [-0.05, 0) is 24.8 Å². The molecule has 0 bridgehead atoms. The molecule has 1 aromatic heterocycles. The smallest absolute Gasteiger partial charge is 0.130 e. The Labute approximate surface area is 114 Å². The summed E-state index contributed by atoms with van der Waals surface area (Å²) in [4.78, 5) is 7.78. The van der Waals surface area contributed by atoms with E-state index in [2.05, 4.69) is 37.7 Å². The number of nitrogens with zero attached hydrogens (tertiary/aromatic N) is 1. The Morgan fingerprint density at radius 3 is 2.71 bits per heavy atom. The summed E-state index contributed by atoms with van der Waals surface area (Å²) >= 11 is 7.13. The molecule has 0 amide bonds. The maximum Gasteiger partial charge on any atom is 0.130 e. The summed E-state index contributed by atoms with van der Waals surface area (Å²) in [5.74, 6) is 2.57. The van der Waals surface area contributed by atoms with Gasteiger partial charge in [0.2, 0.25) is 0 Å². The molecule has 0 spiro atoms. The van der Waals surface area contributed by atoms with Gasteiger partial charge in [-0.3, -0.25) is 0 Å². The molecule has 1 N–H and O–H groups in total. The predicted molar refractivity (Wildman–Crippen MR) is 79.0 cm³/mol. The molecule has 4 heteroatoms. The lowest BCUT2D eigenvalue weighted by atomic mass is 10.1. The van der Waals surface area contributed by atoms with Gasteiger partial charge in [0, 0.05) is 10.9 Å². The van der Waals surface area contributed by atoms with E-state index in [1.54, 1.807) is 0 Å². The van der Waals surface area contributed by atoms with Crippen LogP contribution in [0.3, 0.4) is 0 Å². The Morgan fingerprint density at radius 2 is 2.12 bits per heavy atom. The number of H-pyrrole nitrogens is 1. The highest BCUT2D eigenvalue weighted by Gasteiger charge is 2.04. The quantitative estimate of drug-likeness (QED) is 0.778. The van der Waals surface area contributed by atoms with Crippen LogP contribution in [0.25, 0.3) is 0 Å². The number of nitrogens with one attached hydrogen (secondary N) is 1. The lowest BCUT2D eigenvalue weighted by Gasteiger charge is -2.10. The summed E-state index contributed by atoms with van der Waals surface area (Å²) in [6.45, 7) is 8.88. The van der Waals surface area contributed by atoms with Gasteiger partial charge < -0.3 is 4.98 Å². The third kappa shape index (κ3) is 5.68. The Morgan fingerprint density at radius 1 is 1.41 bits per heavy atom. The molecule has 0 saturated heterocycles. The highest BCUT2D eigenvalue weighted by molar-refractivity contribution is 7.99. The maximum absolute atomic E-state index is 5.21. The van der Waals surface area contributed by atoms with E-state index in [-0.39, 0.29) is 0 Å². The zero-order valence-electron chi connectivity index (χ0n) is 11.1. The normalized spacial score (nSPS) is 13.0. The van der Waals surface area contributed by atoms with Crippen molar-refractivity contribution in [3.05, 3.63) is 22.2 Å². The molecule has 0 aliphatic rings. The van der Waals surface area contributed by atoms with Crippen LogP contribution in [-0.4, -0.2) is 15.2 Å². The van der Waals surface area contributed by atoms with Gasteiger partial charge in [-0.2, -0.15) is 11.8 Å². The molecule has 0 aliphatic carbocycles. The van der Waals surface area contributed by atoms with Crippen LogP contribution in [0.15, 0.2) is 6.07 Å². The van der Waals surface area contributed by atoms with Gasteiger partial charge in [-0.15, -0.1) is 0 Å². The molecular weight excluding hydrogens is 248 g/mol. The molecule has 17 heavy (non-hydrogen) atoms. The van der Waals surface area contributed by atoms with Gasteiger partial charge >= 0.3 is 0 Å². The molecular formula is C13H22N2S2. The van der Waals surface area contributed by atoms with E-state index < -0.39 is 0 Å². The van der Waals surface area contributed by atoms with Crippen molar-refractivity contribution in [2.24, 2.45) is 5.92 Å². The fourth-order valence-electron chi connectivity index (χ4n) is 1.52. The van der Waals surface area contributed by atoms with Gasteiger partial charge in [-0.1, -0.05) is 39.9 Å². The second-order valence-corrected chi connectivity index (χ2v) is 6.66. The zero-order valence-corrected chi connectivity index (χ0v) is 12.8. The Hall–Kier alpha value is -0.350. The topological polar surface area (TPSA) is 28.7 Å². The maximum atomic E-state index is 5.21. The third-order valence-electron chi connectivity index (χ3n) is 2.56. The standard InChI is InChI=1S/C13H22N2S2/c1-5-10(4)17-8-12-14-11(6-9(2)3)7-13(16)15-12/h7,9-10H,5-6,8H2,1-4H3,(H,14,15,16). The molecule has 0 radical (unpaired) electrons. The molecule has 1 rings (SSSR count). The SMILES string of the molecule is CCC(C)SCc1nc(=S)cc(CC(C)C)[nH]1. The molecule has 96 valence electrons. The molecule has 0 aliphatic heterocycles. The summed E-state index contributed by atoms with van der Waals surface area (Å²) in [5, 5.41) is 0.674. The molecule has 1 unspecified atom stereocenters. The third-order valence-corrected chi connectivity index (χ3v) is 4.11. The average Bonchev–Trinajstić information content (AvgIpc) is 2.24. The zero-order chi connectivity index (χ0) is 12.8. The van der Waals surface area contributed by atoms with E-state index in [0.717, 1.165) is 18.0 Å². The average molecular weight is 270 g/mol. The van der Waals surface area contributed by atoms with Crippen molar-refractivity contribution in [2.45, 2.75) is 51.5 Å². The fraction of sp³-hybridized carbons (Fsp3) is 0.692. The first kappa shape index (κ1) is 14.7. The van der Waals surface area contributed by atoms with Crippen LogP contribution in [0, 0.1) is 10.6 Å². The summed E-state index contributed by atoms with van der Waals surface area (Å²) < 4.78 is 0.708. The minimum Gasteiger partial charge on any atom is -0.346 e. The van der Waals surface area contributed by atoms with Gasteiger partial charge in [0.25, 0.3) is 0 Å². The van der Waals surface area contributed by atoms with Gasteiger partial charge in [0.15, 0.2) is 0 Å². The minimum absolute atomic E-state index is 0.637. The lowest BCUT2D eigenvalue weighted by molar-refractivity contribution is 0.631. The van der Waals surface area contributed by atoms with Crippen molar-refractivity contribution >= 4 is 24.0 Å². The predicted octanol–water partition coefficient (Wildman–Crippen LogP) is 4.37. The van der Waals surface area contributed by atoms with Crippen molar-refractivity contribution in [1.82, 2.24) is 9.97 Å². The second-order valence-electron chi connectivity index (χ2n) is 4.82. The molecule has 2 nitrogen and oxygen atoms in total. The monoisotopic (exact) mass is 270 g/mol.